The van der Waals surface area contributed by atoms with Crippen LogP contribution in [0.1, 0.15) is 34.1 Å². The molecule has 2 aliphatic heterocycles. The number of nitrogen functional groups attached to an aromatic ring is 2. The Bertz CT molecular complexity index is 1880. The smallest absolute Gasteiger partial charge is 0.254 e. The fraction of sp³-hybridized carbons (Fsp3) is 0.395. The number of nitrogens with two attached hydrogens (primary N) is 2. The van der Waals surface area contributed by atoms with E-state index in [1.807, 2.05) is 46.2 Å². The predicted molar refractivity (Wildman–Crippen MR) is 221 cm³/mol. The minimum Gasteiger partial charge on any atom is -0.493 e. The second kappa shape index (κ2) is 17.9. The lowest BCUT2D eigenvalue weighted by Crippen LogP contribution is -2.60. The van der Waals surface area contributed by atoms with Gasteiger partial charge in [0.05, 0.1) is 48.8 Å². The summed E-state index contributed by atoms with van der Waals surface area (Å²) in [6, 6.07) is 18.1. The Balaban J connectivity index is 1.12. The SMILES string of the molecule is CCC(N1CCN(C(=O)c2cc(N)ccc2-c2cc(OC)c(OC)c(OC)c2)CC1)N1CCN(C(=O)c2cc(N)ccc2-c2cc(OC)c(OC)c(OC)c2)CC1. The molecule has 57 heavy (non-hydrogen) atoms. The number of carbonyl (C=O) groups is 2. The molecule has 2 heterocycles. The highest BCUT2D eigenvalue weighted by atomic mass is 16.5. The van der Waals surface area contributed by atoms with Crippen LogP contribution >= 0.6 is 0 Å². The molecule has 6 rings (SSSR count). The lowest BCUT2D eigenvalue weighted by molar-refractivity contribution is -0.0130. The third-order valence-electron chi connectivity index (χ3n) is 10.9. The second-order valence-corrected chi connectivity index (χ2v) is 14.0. The van der Waals surface area contributed by atoms with E-state index in [-0.39, 0.29) is 18.0 Å². The molecule has 0 aromatic heterocycles. The molecule has 4 N–H and O–H groups in total. The molecule has 0 unspecified atom stereocenters. The van der Waals surface area contributed by atoms with Gasteiger partial charge in [-0.05, 0) is 77.2 Å². The van der Waals surface area contributed by atoms with Crippen molar-refractivity contribution >= 4 is 23.2 Å². The summed E-state index contributed by atoms with van der Waals surface area (Å²) in [7, 11) is 9.37. The number of rotatable bonds is 13. The van der Waals surface area contributed by atoms with Gasteiger partial charge in [-0.3, -0.25) is 19.4 Å². The van der Waals surface area contributed by atoms with Gasteiger partial charge < -0.3 is 49.7 Å². The minimum atomic E-state index is -0.0849. The summed E-state index contributed by atoms with van der Waals surface area (Å²) in [4.78, 5) is 37.0. The van der Waals surface area contributed by atoms with E-state index in [9.17, 15) is 9.59 Å². The van der Waals surface area contributed by atoms with Gasteiger partial charge in [0.2, 0.25) is 11.5 Å². The van der Waals surface area contributed by atoms with Crippen LogP contribution in [0.15, 0.2) is 60.7 Å². The first-order valence-corrected chi connectivity index (χ1v) is 19.1. The third-order valence-corrected chi connectivity index (χ3v) is 10.9. The Labute approximate surface area is 334 Å². The third kappa shape index (κ3) is 8.33. The summed E-state index contributed by atoms with van der Waals surface area (Å²) in [6.07, 6.45) is 1.08. The fourth-order valence-electron chi connectivity index (χ4n) is 7.99. The zero-order valence-electron chi connectivity index (χ0n) is 33.9. The Morgan fingerprint density at radius 3 is 1.14 bits per heavy atom. The van der Waals surface area contributed by atoms with Crippen molar-refractivity contribution in [3.8, 4) is 56.8 Å². The molecule has 0 radical (unpaired) electrons. The van der Waals surface area contributed by atoms with Crippen LogP contribution in [0.5, 0.6) is 34.5 Å². The number of ether oxygens (including phenoxy) is 6. The highest BCUT2D eigenvalue weighted by Crippen LogP contribution is 2.44. The maximum atomic E-state index is 14.2. The Kier molecular flexibility index (Phi) is 12.8. The normalized spacial score (nSPS) is 15.0. The van der Waals surface area contributed by atoms with Crippen molar-refractivity contribution in [3.63, 3.8) is 0 Å². The average molecular weight is 783 g/mol. The predicted octanol–water partition coefficient (Wildman–Crippen LogP) is 5.19. The largest absolute Gasteiger partial charge is 0.493 e. The number of piperazine rings is 2. The molecule has 4 aromatic carbocycles. The Morgan fingerprint density at radius 2 is 0.860 bits per heavy atom. The van der Waals surface area contributed by atoms with E-state index < -0.39 is 0 Å². The van der Waals surface area contributed by atoms with Gasteiger partial charge >= 0.3 is 0 Å². The Hall–Kier alpha value is -5.86. The first-order chi connectivity index (χ1) is 27.6. The monoisotopic (exact) mass is 782 g/mol. The summed E-state index contributed by atoms with van der Waals surface area (Å²) in [5.41, 5.74) is 17.5. The zero-order valence-corrected chi connectivity index (χ0v) is 33.9. The average Bonchev–Trinajstić information content (AvgIpc) is 3.25. The molecule has 2 fully saturated rings. The van der Waals surface area contributed by atoms with Crippen LogP contribution in [0.2, 0.25) is 0 Å². The van der Waals surface area contributed by atoms with Crippen LogP contribution < -0.4 is 39.9 Å². The molecule has 2 aliphatic rings. The van der Waals surface area contributed by atoms with E-state index in [0.29, 0.717) is 109 Å². The van der Waals surface area contributed by atoms with Gasteiger partial charge in [0.25, 0.3) is 11.8 Å². The molecule has 0 spiro atoms. The number of methoxy groups -OCH3 is 6. The molecular formula is C43H54N6O8. The lowest BCUT2D eigenvalue weighted by atomic mass is 9.97. The quantitative estimate of drug-likeness (QED) is 0.172. The van der Waals surface area contributed by atoms with E-state index in [4.69, 9.17) is 39.9 Å². The molecule has 0 bridgehead atoms. The van der Waals surface area contributed by atoms with E-state index in [1.54, 1.807) is 66.9 Å². The molecule has 0 aliphatic carbocycles. The summed E-state index contributed by atoms with van der Waals surface area (Å²) < 4.78 is 33.4. The number of anilines is 2. The molecular weight excluding hydrogens is 729 g/mol. The van der Waals surface area contributed by atoms with Crippen molar-refractivity contribution in [1.29, 1.82) is 0 Å². The maximum Gasteiger partial charge on any atom is 0.254 e. The molecule has 2 saturated heterocycles. The molecule has 14 nitrogen and oxygen atoms in total. The highest BCUT2D eigenvalue weighted by molar-refractivity contribution is 6.03. The number of carbonyl (C=O) groups excluding carboxylic acids is 2. The minimum absolute atomic E-state index is 0.0849. The molecule has 0 atom stereocenters. The van der Waals surface area contributed by atoms with Gasteiger partial charge in [-0.1, -0.05) is 19.1 Å². The number of amides is 2. The summed E-state index contributed by atoms with van der Waals surface area (Å²) in [6.45, 7) is 7.31. The number of hydrogen-bond donors (Lipinski definition) is 2. The van der Waals surface area contributed by atoms with Crippen molar-refractivity contribution in [2.24, 2.45) is 0 Å². The molecule has 0 saturated carbocycles. The molecule has 304 valence electrons. The fourth-order valence-corrected chi connectivity index (χ4v) is 7.99. The number of nitrogens with zero attached hydrogens (tertiary/aromatic N) is 4. The Morgan fingerprint density at radius 1 is 0.526 bits per heavy atom. The van der Waals surface area contributed by atoms with E-state index in [0.717, 1.165) is 28.7 Å². The van der Waals surface area contributed by atoms with Gasteiger partial charge in [0.1, 0.15) is 0 Å². The van der Waals surface area contributed by atoms with Gasteiger partial charge in [0, 0.05) is 74.9 Å². The van der Waals surface area contributed by atoms with E-state index in [1.165, 1.54) is 0 Å². The first-order valence-electron chi connectivity index (χ1n) is 19.1. The van der Waals surface area contributed by atoms with Gasteiger partial charge in [-0.25, -0.2) is 0 Å². The maximum absolute atomic E-state index is 14.2. The van der Waals surface area contributed by atoms with Crippen LogP contribution in [0, 0.1) is 0 Å². The summed E-state index contributed by atoms with van der Waals surface area (Å²) in [5, 5.41) is 0. The van der Waals surface area contributed by atoms with Crippen LogP contribution in [-0.4, -0.2) is 133 Å². The van der Waals surface area contributed by atoms with Crippen LogP contribution in [0.25, 0.3) is 22.3 Å². The summed E-state index contributed by atoms with van der Waals surface area (Å²) in [5.74, 6) is 2.77. The lowest BCUT2D eigenvalue weighted by Gasteiger charge is -2.46. The van der Waals surface area contributed by atoms with E-state index in [2.05, 4.69) is 16.7 Å². The highest BCUT2D eigenvalue weighted by Gasteiger charge is 2.33. The van der Waals surface area contributed by atoms with Gasteiger partial charge in [-0.2, -0.15) is 0 Å². The van der Waals surface area contributed by atoms with Crippen LogP contribution in [-0.2, 0) is 0 Å². The van der Waals surface area contributed by atoms with Crippen molar-refractivity contribution < 1.29 is 38.0 Å². The van der Waals surface area contributed by atoms with Crippen molar-refractivity contribution in [2.45, 2.75) is 19.5 Å². The van der Waals surface area contributed by atoms with Crippen LogP contribution in [0.4, 0.5) is 11.4 Å². The zero-order chi connectivity index (χ0) is 40.8. The number of benzene rings is 4. The standard InChI is InChI=1S/C43H54N6O8/c1-8-39(46-13-17-48(18-14-46)42(50)33-25-29(44)9-11-31(33)27-21-35(52-2)40(56-6)36(22-27)53-3)47-15-19-49(20-16-47)43(51)34-26-30(45)10-12-32(34)28-23-37(54-4)41(57-7)38(24-28)55-5/h9-12,21-26,39H,8,13-20,44-45H2,1-7H3. The molecule has 14 heteroatoms. The molecule has 2 amide bonds. The number of hydrogen-bond acceptors (Lipinski definition) is 12. The molecule has 4 aromatic rings. The van der Waals surface area contributed by atoms with Crippen molar-refractivity contribution in [1.82, 2.24) is 19.6 Å². The van der Waals surface area contributed by atoms with E-state index >= 15 is 0 Å². The van der Waals surface area contributed by atoms with Gasteiger partial charge in [-0.15, -0.1) is 0 Å². The second-order valence-electron chi connectivity index (χ2n) is 14.0. The van der Waals surface area contributed by atoms with Crippen molar-refractivity contribution in [3.05, 3.63) is 71.8 Å². The van der Waals surface area contributed by atoms with Crippen molar-refractivity contribution in [2.75, 3.05) is 106 Å². The first kappa shape index (κ1) is 40.8. The summed E-state index contributed by atoms with van der Waals surface area (Å²) >= 11 is 0. The van der Waals surface area contributed by atoms with Crippen LogP contribution in [0.3, 0.4) is 0 Å². The van der Waals surface area contributed by atoms with Gasteiger partial charge in [0.15, 0.2) is 23.0 Å². The topological polar surface area (TPSA) is 155 Å².